The molecule has 0 bridgehead atoms. The molecule has 0 aliphatic rings. The molecule has 0 spiro atoms. The summed E-state index contributed by atoms with van der Waals surface area (Å²) in [4.78, 5) is 11.8. The van der Waals surface area contributed by atoms with Crippen LogP contribution in [0.5, 0.6) is 0 Å². The average molecular weight is 216 g/mol. The second kappa shape index (κ2) is 4.90. The largest absolute Gasteiger partial charge is 0.342 e. The number of aromatic amines is 1. The van der Waals surface area contributed by atoms with Crippen molar-refractivity contribution in [1.29, 1.82) is 0 Å². The highest BCUT2D eigenvalue weighted by atomic mass is 14.9. The van der Waals surface area contributed by atoms with Crippen LogP contribution >= 0.6 is 0 Å². The quantitative estimate of drug-likeness (QED) is 0.820. The van der Waals surface area contributed by atoms with Gasteiger partial charge in [-0.1, -0.05) is 6.92 Å². The van der Waals surface area contributed by atoms with E-state index >= 15 is 0 Å². The molecule has 1 atom stereocenters. The zero-order valence-corrected chi connectivity index (χ0v) is 9.35. The summed E-state index contributed by atoms with van der Waals surface area (Å²) in [6.07, 6.45) is 6.38. The van der Waals surface area contributed by atoms with Gasteiger partial charge in [0.15, 0.2) is 0 Å². The SMILES string of the molecule is CC(CCN)c1ncc(-c2cccnc2)[nH]1. The Morgan fingerprint density at radius 3 is 3.00 bits per heavy atom. The van der Waals surface area contributed by atoms with Crippen LogP contribution in [-0.4, -0.2) is 21.5 Å². The van der Waals surface area contributed by atoms with Crippen LogP contribution in [-0.2, 0) is 0 Å². The summed E-state index contributed by atoms with van der Waals surface area (Å²) in [5.74, 6) is 1.36. The Hall–Kier alpha value is -1.68. The van der Waals surface area contributed by atoms with Crippen molar-refractivity contribution in [1.82, 2.24) is 15.0 Å². The van der Waals surface area contributed by atoms with E-state index in [-0.39, 0.29) is 0 Å². The third kappa shape index (κ3) is 2.28. The normalized spacial score (nSPS) is 12.6. The summed E-state index contributed by atoms with van der Waals surface area (Å²) in [5, 5.41) is 0. The first-order chi connectivity index (χ1) is 7.81. The van der Waals surface area contributed by atoms with Crippen molar-refractivity contribution in [2.45, 2.75) is 19.3 Å². The summed E-state index contributed by atoms with van der Waals surface area (Å²) >= 11 is 0. The van der Waals surface area contributed by atoms with Gasteiger partial charge in [0.2, 0.25) is 0 Å². The molecule has 0 aliphatic heterocycles. The second-order valence-electron chi connectivity index (χ2n) is 3.90. The number of rotatable bonds is 4. The van der Waals surface area contributed by atoms with Crippen molar-refractivity contribution in [3.05, 3.63) is 36.5 Å². The lowest BCUT2D eigenvalue weighted by molar-refractivity contribution is 0.655. The molecule has 84 valence electrons. The van der Waals surface area contributed by atoms with Gasteiger partial charge in [-0.3, -0.25) is 4.98 Å². The van der Waals surface area contributed by atoms with Gasteiger partial charge in [0.1, 0.15) is 5.82 Å². The zero-order valence-electron chi connectivity index (χ0n) is 9.35. The van der Waals surface area contributed by atoms with Crippen LogP contribution in [0.4, 0.5) is 0 Å². The fraction of sp³-hybridized carbons (Fsp3) is 0.333. The number of pyridine rings is 1. The van der Waals surface area contributed by atoms with Gasteiger partial charge < -0.3 is 10.7 Å². The van der Waals surface area contributed by atoms with Gasteiger partial charge >= 0.3 is 0 Å². The number of nitrogens with one attached hydrogen (secondary N) is 1. The van der Waals surface area contributed by atoms with Crippen molar-refractivity contribution in [2.75, 3.05) is 6.54 Å². The predicted molar refractivity (Wildman–Crippen MR) is 63.9 cm³/mol. The lowest BCUT2D eigenvalue weighted by Gasteiger charge is -2.05. The van der Waals surface area contributed by atoms with E-state index in [0.29, 0.717) is 12.5 Å². The van der Waals surface area contributed by atoms with E-state index < -0.39 is 0 Å². The van der Waals surface area contributed by atoms with E-state index in [1.54, 1.807) is 6.20 Å². The number of nitrogens with zero attached hydrogens (tertiary/aromatic N) is 2. The molecule has 1 unspecified atom stereocenters. The number of hydrogen-bond acceptors (Lipinski definition) is 3. The maximum Gasteiger partial charge on any atom is 0.109 e. The fourth-order valence-electron chi connectivity index (χ4n) is 1.64. The number of hydrogen-bond donors (Lipinski definition) is 2. The van der Waals surface area contributed by atoms with Gasteiger partial charge in [-0.2, -0.15) is 0 Å². The van der Waals surface area contributed by atoms with E-state index in [0.717, 1.165) is 23.5 Å². The third-order valence-corrected chi connectivity index (χ3v) is 2.63. The molecule has 2 rings (SSSR count). The Morgan fingerprint density at radius 1 is 1.44 bits per heavy atom. The first kappa shape index (κ1) is 10.8. The summed E-state index contributed by atoms with van der Waals surface area (Å²) in [7, 11) is 0. The molecule has 0 radical (unpaired) electrons. The molecular weight excluding hydrogens is 200 g/mol. The number of nitrogens with two attached hydrogens (primary N) is 1. The van der Waals surface area contributed by atoms with Gasteiger partial charge in [0.05, 0.1) is 11.9 Å². The molecule has 0 aliphatic carbocycles. The Labute approximate surface area is 94.9 Å². The monoisotopic (exact) mass is 216 g/mol. The van der Waals surface area contributed by atoms with Crippen LogP contribution in [0.1, 0.15) is 25.1 Å². The molecular formula is C12H16N4. The molecule has 0 fully saturated rings. The fourth-order valence-corrected chi connectivity index (χ4v) is 1.64. The van der Waals surface area contributed by atoms with E-state index in [4.69, 9.17) is 5.73 Å². The van der Waals surface area contributed by atoms with Crippen molar-refractivity contribution < 1.29 is 0 Å². The minimum atomic E-state index is 0.371. The smallest absolute Gasteiger partial charge is 0.109 e. The van der Waals surface area contributed by atoms with Gasteiger partial charge in [-0.25, -0.2) is 4.98 Å². The standard InChI is InChI=1S/C12H16N4/c1-9(4-5-13)12-15-8-11(16-12)10-3-2-6-14-7-10/h2-3,6-9H,4-5,13H2,1H3,(H,15,16). The van der Waals surface area contributed by atoms with E-state index in [9.17, 15) is 0 Å². The number of imidazole rings is 1. The molecule has 0 saturated heterocycles. The van der Waals surface area contributed by atoms with Crippen LogP contribution in [0.25, 0.3) is 11.3 Å². The van der Waals surface area contributed by atoms with Crippen molar-refractivity contribution >= 4 is 0 Å². The Balaban J connectivity index is 2.20. The summed E-state index contributed by atoms with van der Waals surface area (Å²) in [6.45, 7) is 2.81. The van der Waals surface area contributed by atoms with Gasteiger partial charge in [-0.15, -0.1) is 0 Å². The van der Waals surface area contributed by atoms with Gasteiger partial charge in [-0.05, 0) is 25.1 Å². The first-order valence-corrected chi connectivity index (χ1v) is 5.46. The maximum absolute atomic E-state index is 5.53. The average Bonchev–Trinajstić information content (AvgIpc) is 2.80. The molecule has 0 saturated carbocycles. The molecule has 4 heteroatoms. The molecule has 16 heavy (non-hydrogen) atoms. The van der Waals surface area contributed by atoms with Gasteiger partial charge in [0.25, 0.3) is 0 Å². The maximum atomic E-state index is 5.53. The summed E-state index contributed by atoms with van der Waals surface area (Å²) < 4.78 is 0. The molecule has 0 amide bonds. The number of H-pyrrole nitrogens is 1. The highest BCUT2D eigenvalue weighted by Crippen LogP contribution is 2.20. The molecule has 2 aromatic heterocycles. The van der Waals surface area contributed by atoms with Crippen LogP contribution in [0.2, 0.25) is 0 Å². The van der Waals surface area contributed by atoms with Crippen LogP contribution in [0.15, 0.2) is 30.7 Å². The zero-order chi connectivity index (χ0) is 11.4. The lowest BCUT2D eigenvalue weighted by Crippen LogP contribution is -2.05. The lowest BCUT2D eigenvalue weighted by atomic mass is 10.1. The topological polar surface area (TPSA) is 67.6 Å². The van der Waals surface area contributed by atoms with Crippen molar-refractivity contribution in [3.8, 4) is 11.3 Å². The first-order valence-electron chi connectivity index (χ1n) is 5.46. The van der Waals surface area contributed by atoms with Crippen LogP contribution < -0.4 is 5.73 Å². The molecule has 0 aromatic carbocycles. The van der Waals surface area contributed by atoms with E-state index in [1.165, 1.54) is 0 Å². The predicted octanol–water partition coefficient (Wildman–Crippen LogP) is 1.92. The van der Waals surface area contributed by atoms with Crippen molar-refractivity contribution in [3.63, 3.8) is 0 Å². The minimum absolute atomic E-state index is 0.371. The highest BCUT2D eigenvalue weighted by molar-refractivity contribution is 5.56. The number of aromatic nitrogens is 3. The van der Waals surface area contributed by atoms with Crippen LogP contribution in [0, 0.1) is 0 Å². The van der Waals surface area contributed by atoms with Crippen LogP contribution in [0.3, 0.4) is 0 Å². The second-order valence-corrected chi connectivity index (χ2v) is 3.90. The highest BCUT2D eigenvalue weighted by Gasteiger charge is 2.09. The van der Waals surface area contributed by atoms with Crippen molar-refractivity contribution in [2.24, 2.45) is 5.73 Å². The van der Waals surface area contributed by atoms with Gasteiger partial charge in [0, 0.05) is 23.9 Å². The molecule has 3 N–H and O–H groups in total. The summed E-state index contributed by atoms with van der Waals surface area (Å²) in [6, 6.07) is 3.93. The van der Waals surface area contributed by atoms with E-state index in [1.807, 2.05) is 24.5 Å². The third-order valence-electron chi connectivity index (χ3n) is 2.63. The minimum Gasteiger partial charge on any atom is -0.342 e. The Morgan fingerprint density at radius 2 is 2.31 bits per heavy atom. The molecule has 2 heterocycles. The molecule has 4 nitrogen and oxygen atoms in total. The van der Waals surface area contributed by atoms with E-state index in [2.05, 4.69) is 21.9 Å². The Bertz CT molecular complexity index is 435. The Kier molecular flexibility index (Phi) is 3.31. The summed E-state index contributed by atoms with van der Waals surface area (Å²) in [5.41, 5.74) is 7.60. The molecule has 2 aromatic rings.